The molecule has 0 saturated heterocycles. The van der Waals surface area contributed by atoms with Crippen molar-refractivity contribution in [3.05, 3.63) is 81.1 Å². The number of carbonyl (C=O) groups is 1. The highest BCUT2D eigenvalue weighted by molar-refractivity contribution is 7.98. The molecule has 0 radical (unpaired) electrons. The Hall–Kier alpha value is -3.17. The number of aromatic amines is 1. The zero-order valence-electron chi connectivity index (χ0n) is 16.8. The summed E-state index contributed by atoms with van der Waals surface area (Å²) in [4.78, 5) is 32.0. The zero-order valence-corrected chi connectivity index (χ0v) is 18.4. The lowest BCUT2D eigenvalue weighted by molar-refractivity contribution is 0.0937. The topological polar surface area (TPSA) is 106 Å². The molecule has 2 N–H and O–H groups in total. The van der Waals surface area contributed by atoms with E-state index in [0.29, 0.717) is 44.0 Å². The van der Waals surface area contributed by atoms with E-state index in [1.807, 2.05) is 36.7 Å². The molecule has 0 aliphatic heterocycles. The van der Waals surface area contributed by atoms with Crippen molar-refractivity contribution in [3.8, 4) is 0 Å². The van der Waals surface area contributed by atoms with Crippen molar-refractivity contribution < 1.29 is 4.79 Å². The number of amides is 1. The van der Waals surface area contributed by atoms with Gasteiger partial charge in [-0.3, -0.25) is 9.59 Å². The van der Waals surface area contributed by atoms with Crippen molar-refractivity contribution >= 4 is 40.2 Å². The molecule has 1 amide bonds. The molecule has 2 heterocycles. The standard InChI is InChI=1S/C21H19ClN6O2S/c1-12(23-19(29)13-7-9-14(22)10-8-13)18-26-27-21(28(18)2)31-11-17-24-16-6-4-3-5-15(16)20(30)25-17/h3-10,12H,11H2,1-2H3,(H,23,29)(H,24,25,30). The molecular formula is C21H19ClN6O2S. The first-order valence-corrected chi connectivity index (χ1v) is 10.8. The third kappa shape index (κ3) is 4.62. The number of nitrogens with one attached hydrogen (secondary N) is 2. The lowest BCUT2D eigenvalue weighted by Crippen LogP contribution is -2.28. The van der Waals surface area contributed by atoms with Crippen LogP contribution in [0.4, 0.5) is 0 Å². The third-order valence-electron chi connectivity index (χ3n) is 4.71. The molecule has 1 unspecified atom stereocenters. The van der Waals surface area contributed by atoms with Crippen molar-refractivity contribution in [2.45, 2.75) is 23.9 Å². The summed E-state index contributed by atoms with van der Waals surface area (Å²) in [6.07, 6.45) is 0. The number of carbonyl (C=O) groups excluding carboxylic acids is 1. The molecule has 10 heteroatoms. The van der Waals surface area contributed by atoms with E-state index in [4.69, 9.17) is 11.6 Å². The molecule has 0 bridgehead atoms. The predicted molar refractivity (Wildman–Crippen MR) is 120 cm³/mol. The van der Waals surface area contributed by atoms with Crippen LogP contribution in [0.15, 0.2) is 58.5 Å². The quantitative estimate of drug-likeness (QED) is 0.432. The first-order chi connectivity index (χ1) is 14.9. The average Bonchev–Trinajstić information content (AvgIpc) is 3.13. The molecule has 0 fully saturated rings. The molecule has 4 aromatic rings. The van der Waals surface area contributed by atoms with Crippen LogP contribution in [0.2, 0.25) is 5.02 Å². The van der Waals surface area contributed by atoms with Crippen LogP contribution in [0.1, 0.15) is 35.0 Å². The first kappa shape index (κ1) is 21.1. The first-order valence-electron chi connectivity index (χ1n) is 9.49. The number of hydrogen-bond donors (Lipinski definition) is 2. The number of para-hydroxylation sites is 1. The normalized spacial score (nSPS) is 12.1. The van der Waals surface area contributed by atoms with Gasteiger partial charge in [0.25, 0.3) is 11.5 Å². The largest absolute Gasteiger partial charge is 0.342 e. The van der Waals surface area contributed by atoms with Crippen molar-refractivity contribution in [1.29, 1.82) is 0 Å². The monoisotopic (exact) mass is 454 g/mol. The Morgan fingerprint density at radius 1 is 1.19 bits per heavy atom. The summed E-state index contributed by atoms with van der Waals surface area (Å²) in [6.45, 7) is 1.84. The van der Waals surface area contributed by atoms with Crippen LogP contribution in [0.5, 0.6) is 0 Å². The van der Waals surface area contributed by atoms with Gasteiger partial charge in [0.05, 0.1) is 22.7 Å². The summed E-state index contributed by atoms with van der Waals surface area (Å²) < 4.78 is 1.82. The van der Waals surface area contributed by atoms with Gasteiger partial charge < -0.3 is 14.9 Å². The Morgan fingerprint density at radius 3 is 2.71 bits per heavy atom. The van der Waals surface area contributed by atoms with E-state index in [9.17, 15) is 9.59 Å². The maximum Gasteiger partial charge on any atom is 0.258 e. The number of rotatable bonds is 6. The molecule has 158 valence electrons. The number of hydrogen-bond acceptors (Lipinski definition) is 6. The lowest BCUT2D eigenvalue weighted by Gasteiger charge is -2.13. The van der Waals surface area contributed by atoms with Gasteiger partial charge in [-0.15, -0.1) is 10.2 Å². The predicted octanol–water partition coefficient (Wildman–Crippen LogP) is 3.49. The highest BCUT2D eigenvalue weighted by Crippen LogP contribution is 2.22. The van der Waals surface area contributed by atoms with Crippen molar-refractivity contribution in [2.75, 3.05) is 0 Å². The lowest BCUT2D eigenvalue weighted by atomic mass is 10.2. The fraction of sp³-hybridized carbons (Fsp3) is 0.190. The van der Waals surface area contributed by atoms with Gasteiger partial charge in [-0.05, 0) is 43.3 Å². The van der Waals surface area contributed by atoms with E-state index in [2.05, 4.69) is 25.5 Å². The fourth-order valence-corrected chi connectivity index (χ4v) is 4.03. The minimum Gasteiger partial charge on any atom is -0.342 e. The van der Waals surface area contributed by atoms with E-state index < -0.39 is 0 Å². The highest BCUT2D eigenvalue weighted by atomic mass is 35.5. The third-order valence-corrected chi connectivity index (χ3v) is 5.99. The number of halogens is 1. The average molecular weight is 455 g/mol. The summed E-state index contributed by atoms with van der Waals surface area (Å²) in [5.41, 5.74) is 0.997. The van der Waals surface area contributed by atoms with Crippen molar-refractivity contribution in [3.63, 3.8) is 0 Å². The van der Waals surface area contributed by atoms with Gasteiger partial charge in [-0.1, -0.05) is 35.5 Å². The van der Waals surface area contributed by atoms with E-state index in [1.165, 1.54) is 11.8 Å². The summed E-state index contributed by atoms with van der Waals surface area (Å²) in [7, 11) is 1.83. The molecule has 31 heavy (non-hydrogen) atoms. The summed E-state index contributed by atoms with van der Waals surface area (Å²) >= 11 is 7.27. The van der Waals surface area contributed by atoms with Crippen molar-refractivity contribution in [1.82, 2.24) is 30.0 Å². The van der Waals surface area contributed by atoms with Gasteiger partial charge in [-0.2, -0.15) is 0 Å². The van der Waals surface area contributed by atoms with Gasteiger partial charge in [0.15, 0.2) is 11.0 Å². The maximum atomic E-state index is 12.4. The smallest absolute Gasteiger partial charge is 0.258 e. The summed E-state index contributed by atoms with van der Waals surface area (Å²) in [6, 6.07) is 13.5. The number of thioether (sulfide) groups is 1. The molecule has 0 aliphatic carbocycles. The number of fused-ring (bicyclic) bond motifs is 1. The fourth-order valence-electron chi connectivity index (χ4n) is 3.11. The van der Waals surface area contributed by atoms with Crippen LogP contribution in [0.3, 0.4) is 0 Å². The number of nitrogens with zero attached hydrogens (tertiary/aromatic N) is 4. The molecule has 4 rings (SSSR count). The molecule has 2 aromatic carbocycles. The van der Waals surface area contributed by atoms with Crippen molar-refractivity contribution in [2.24, 2.45) is 7.05 Å². The summed E-state index contributed by atoms with van der Waals surface area (Å²) in [5.74, 6) is 1.38. The summed E-state index contributed by atoms with van der Waals surface area (Å²) in [5, 5.41) is 13.1. The minimum absolute atomic E-state index is 0.168. The van der Waals surface area contributed by atoms with Crippen LogP contribution >= 0.6 is 23.4 Å². The van der Waals surface area contributed by atoms with Gasteiger partial charge in [0.1, 0.15) is 5.82 Å². The highest BCUT2D eigenvalue weighted by Gasteiger charge is 2.19. The second-order valence-corrected chi connectivity index (χ2v) is 8.30. The Balaban J connectivity index is 1.45. The van der Waals surface area contributed by atoms with Crippen LogP contribution in [0.25, 0.3) is 10.9 Å². The molecule has 0 aliphatic rings. The minimum atomic E-state index is -0.353. The van der Waals surface area contributed by atoms with Gasteiger partial charge in [0, 0.05) is 17.6 Å². The SMILES string of the molecule is CC(NC(=O)c1ccc(Cl)cc1)c1nnc(SCc2nc3ccccc3c(=O)[nH]2)n1C. The Kier molecular flexibility index (Phi) is 6.06. The van der Waals surface area contributed by atoms with E-state index in [1.54, 1.807) is 30.3 Å². The molecule has 1 atom stereocenters. The molecular weight excluding hydrogens is 436 g/mol. The van der Waals surface area contributed by atoms with Crippen LogP contribution in [-0.2, 0) is 12.8 Å². The second kappa shape index (κ2) is 8.91. The van der Waals surface area contributed by atoms with Crippen LogP contribution in [0, 0.1) is 0 Å². The van der Waals surface area contributed by atoms with E-state index in [0.717, 1.165) is 0 Å². The van der Waals surface area contributed by atoms with Crippen LogP contribution in [-0.4, -0.2) is 30.6 Å². The van der Waals surface area contributed by atoms with E-state index in [-0.39, 0.29) is 17.5 Å². The Morgan fingerprint density at radius 2 is 1.94 bits per heavy atom. The van der Waals surface area contributed by atoms with E-state index >= 15 is 0 Å². The Bertz CT molecular complexity index is 1300. The maximum absolute atomic E-state index is 12.4. The molecule has 0 saturated carbocycles. The number of benzene rings is 2. The molecule has 0 spiro atoms. The van der Waals surface area contributed by atoms with Gasteiger partial charge in [0.2, 0.25) is 0 Å². The second-order valence-electron chi connectivity index (χ2n) is 6.92. The zero-order chi connectivity index (χ0) is 22.0. The molecule has 2 aromatic heterocycles. The van der Waals surface area contributed by atoms with Crippen LogP contribution < -0.4 is 10.9 Å². The number of H-pyrrole nitrogens is 1. The molecule has 8 nitrogen and oxygen atoms in total. The number of aromatic nitrogens is 5. The Labute approximate surface area is 187 Å². The van der Waals surface area contributed by atoms with Gasteiger partial charge in [-0.25, -0.2) is 4.98 Å². The van der Waals surface area contributed by atoms with Gasteiger partial charge >= 0.3 is 0 Å².